The summed E-state index contributed by atoms with van der Waals surface area (Å²) in [6.45, 7) is 2.84. The number of hydrogen-bond donors (Lipinski definition) is 1. The molecule has 4 heteroatoms. The average Bonchev–Trinajstić information content (AvgIpc) is 2.20. The third-order valence-electron chi connectivity index (χ3n) is 2.07. The monoisotopic (exact) mass is 228 g/mol. The van der Waals surface area contributed by atoms with Crippen LogP contribution >= 0.6 is 11.6 Å². The minimum absolute atomic E-state index is 0.474. The summed E-state index contributed by atoms with van der Waals surface area (Å²) in [4.78, 5) is 4.02. The molecule has 0 amide bonds. The van der Waals surface area contributed by atoms with Crippen molar-refractivity contribution >= 4 is 17.3 Å². The van der Waals surface area contributed by atoms with Gasteiger partial charge in [0, 0.05) is 0 Å². The van der Waals surface area contributed by atoms with Gasteiger partial charge in [0.15, 0.2) is 0 Å². The smallest absolute Gasteiger partial charge is 0.232 e. The fraction of sp³-hybridized carbons (Fsp3) is 0.545. The van der Waals surface area contributed by atoms with E-state index in [4.69, 9.17) is 22.1 Å². The summed E-state index contributed by atoms with van der Waals surface area (Å²) in [5.74, 6) is 0.474. The van der Waals surface area contributed by atoms with Crippen LogP contribution in [0.3, 0.4) is 0 Å². The molecule has 15 heavy (non-hydrogen) atoms. The van der Waals surface area contributed by atoms with Crippen LogP contribution in [0, 0.1) is 0 Å². The standard InChI is InChI=1S/C11H17ClN2O/c1-2-3-4-5-6-15-11-10(12)7-9(13)8-14-11/h7-8H,2-6,13H2,1H3. The SMILES string of the molecule is CCCCCCOc1ncc(N)cc1Cl. The highest BCUT2D eigenvalue weighted by Gasteiger charge is 2.02. The molecule has 1 heterocycles. The second kappa shape index (κ2) is 6.51. The largest absolute Gasteiger partial charge is 0.477 e. The number of aromatic nitrogens is 1. The third kappa shape index (κ3) is 4.38. The lowest BCUT2D eigenvalue weighted by Crippen LogP contribution is -2.00. The van der Waals surface area contributed by atoms with Gasteiger partial charge in [0.25, 0.3) is 0 Å². The topological polar surface area (TPSA) is 48.1 Å². The van der Waals surface area contributed by atoms with Crippen molar-refractivity contribution < 1.29 is 4.74 Å². The van der Waals surface area contributed by atoms with Crippen LogP contribution in [-0.4, -0.2) is 11.6 Å². The van der Waals surface area contributed by atoms with Crippen molar-refractivity contribution in [3.8, 4) is 5.88 Å². The van der Waals surface area contributed by atoms with Crippen LogP contribution < -0.4 is 10.5 Å². The van der Waals surface area contributed by atoms with Crippen LogP contribution in [0.15, 0.2) is 12.3 Å². The van der Waals surface area contributed by atoms with Gasteiger partial charge in [-0.05, 0) is 12.5 Å². The number of ether oxygens (including phenoxy) is 1. The van der Waals surface area contributed by atoms with Gasteiger partial charge in [-0.25, -0.2) is 4.98 Å². The quantitative estimate of drug-likeness (QED) is 0.761. The normalized spacial score (nSPS) is 10.3. The van der Waals surface area contributed by atoms with Gasteiger partial charge in [-0.15, -0.1) is 0 Å². The number of pyridine rings is 1. The molecule has 1 aromatic rings. The first-order valence-electron chi connectivity index (χ1n) is 5.28. The summed E-state index contributed by atoms with van der Waals surface area (Å²) in [6, 6.07) is 1.65. The van der Waals surface area contributed by atoms with Crippen molar-refractivity contribution in [2.45, 2.75) is 32.6 Å². The number of rotatable bonds is 6. The van der Waals surface area contributed by atoms with E-state index in [1.807, 2.05) is 0 Å². The highest BCUT2D eigenvalue weighted by atomic mass is 35.5. The summed E-state index contributed by atoms with van der Waals surface area (Å²) < 4.78 is 5.44. The van der Waals surface area contributed by atoms with Crippen LogP contribution in [0.1, 0.15) is 32.6 Å². The second-order valence-electron chi connectivity index (χ2n) is 3.46. The minimum atomic E-state index is 0.474. The highest BCUT2D eigenvalue weighted by Crippen LogP contribution is 2.23. The molecule has 0 aromatic carbocycles. The summed E-state index contributed by atoms with van der Waals surface area (Å²) in [7, 11) is 0. The fourth-order valence-electron chi connectivity index (χ4n) is 1.24. The van der Waals surface area contributed by atoms with Gasteiger partial charge in [-0.3, -0.25) is 0 Å². The molecule has 0 saturated carbocycles. The van der Waals surface area contributed by atoms with E-state index in [-0.39, 0.29) is 0 Å². The zero-order valence-electron chi connectivity index (χ0n) is 9.00. The van der Waals surface area contributed by atoms with Crippen LogP contribution in [-0.2, 0) is 0 Å². The number of nitrogens with zero attached hydrogens (tertiary/aromatic N) is 1. The van der Waals surface area contributed by atoms with Crippen molar-refractivity contribution in [2.24, 2.45) is 0 Å². The molecule has 84 valence electrons. The Labute approximate surface area is 95.6 Å². The van der Waals surface area contributed by atoms with Crippen molar-refractivity contribution in [2.75, 3.05) is 12.3 Å². The fourth-order valence-corrected chi connectivity index (χ4v) is 1.47. The lowest BCUT2D eigenvalue weighted by molar-refractivity contribution is 0.294. The molecule has 0 bridgehead atoms. The summed E-state index contributed by atoms with van der Waals surface area (Å²) >= 11 is 5.90. The first-order chi connectivity index (χ1) is 7.24. The molecule has 1 aromatic heterocycles. The molecular formula is C11H17ClN2O. The van der Waals surface area contributed by atoms with Gasteiger partial charge in [-0.1, -0.05) is 37.8 Å². The molecule has 0 atom stereocenters. The summed E-state index contributed by atoms with van der Waals surface area (Å²) in [5, 5.41) is 0.477. The van der Waals surface area contributed by atoms with E-state index in [1.54, 1.807) is 12.3 Å². The lowest BCUT2D eigenvalue weighted by atomic mass is 10.2. The van der Waals surface area contributed by atoms with Gasteiger partial charge in [0.2, 0.25) is 5.88 Å². The van der Waals surface area contributed by atoms with Crippen molar-refractivity contribution in [3.63, 3.8) is 0 Å². The van der Waals surface area contributed by atoms with E-state index in [0.29, 0.717) is 23.2 Å². The van der Waals surface area contributed by atoms with Crippen LogP contribution in [0.4, 0.5) is 5.69 Å². The molecule has 3 nitrogen and oxygen atoms in total. The Bertz CT molecular complexity index is 305. The Morgan fingerprint density at radius 3 is 2.87 bits per heavy atom. The number of anilines is 1. The first-order valence-corrected chi connectivity index (χ1v) is 5.65. The Morgan fingerprint density at radius 2 is 2.20 bits per heavy atom. The molecule has 1 rings (SSSR count). The second-order valence-corrected chi connectivity index (χ2v) is 3.87. The predicted molar refractivity (Wildman–Crippen MR) is 63.3 cm³/mol. The molecular weight excluding hydrogens is 212 g/mol. The summed E-state index contributed by atoms with van der Waals surface area (Å²) in [6.07, 6.45) is 6.24. The van der Waals surface area contributed by atoms with Crippen LogP contribution in [0.5, 0.6) is 5.88 Å². The molecule has 0 radical (unpaired) electrons. The van der Waals surface area contributed by atoms with Gasteiger partial charge in [0.05, 0.1) is 18.5 Å². The Kier molecular flexibility index (Phi) is 5.26. The molecule has 0 fully saturated rings. The Morgan fingerprint density at radius 1 is 1.40 bits per heavy atom. The van der Waals surface area contributed by atoms with Crippen LogP contribution in [0.2, 0.25) is 5.02 Å². The number of halogens is 1. The van der Waals surface area contributed by atoms with Crippen molar-refractivity contribution in [3.05, 3.63) is 17.3 Å². The van der Waals surface area contributed by atoms with Crippen molar-refractivity contribution in [1.29, 1.82) is 0 Å². The van der Waals surface area contributed by atoms with Crippen molar-refractivity contribution in [1.82, 2.24) is 4.98 Å². The maximum atomic E-state index is 5.90. The lowest BCUT2D eigenvalue weighted by Gasteiger charge is -2.06. The minimum Gasteiger partial charge on any atom is -0.477 e. The Hall–Kier alpha value is -0.960. The van der Waals surface area contributed by atoms with Crippen LogP contribution in [0.25, 0.3) is 0 Å². The first kappa shape index (κ1) is 12.1. The maximum Gasteiger partial charge on any atom is 0.232 e. The zero-order valence-corrected chi connectivity index (χ0v) is 9.76. The predicted octanol–water partition coefficient (Wildman–Crippen LogP) is 3.28. The van der Waals surface area contributed by atoms with Gasteiger partial charge < -0.3 is 10.5 Å². The number of nitrogens with two attached hydrogens (primary N) is 1. The molecule has 2 N–H and O–H groups in total. The number of hydrogen-bond acceptors (Lipinski definition) is 3. The maximum absolute atomic E-state index is 5.90. The molecule has 0 aliphatic carbocycles. The Balaban J connectivity index is 2.31. The third-order valence-corrected chi connectivity index (χ3v) is 2.34. The molecule has 0 aliphatic rings. The van der Waals surface area contributed by atoms with E-state index in [9.17, 15) is 0 Å². The molecule has 0 spiro atoms. The summed E-state index contributed by atoms with van der Waals surface area (Å²) in [5.41, 5.74) is 6.07. The zero-order chi connectivity index (χ0) is 11.1. The van der Waals surface area contributed by atoms with E-state index in [0.717, 1.165) is 6.42 Å². The van der Waals surface area contributed by atoms with E-state index in [2.05, 4.69) is 11.9 Å². The average molecular weight is 229 g/mol. The molecule has 0 unspecified atom stereocenters. The molecule has 0 saturated heterocycles. The van der Waals surface area contributed by atoms with Gasteiger partial charge in [-0.2, -0.15) is 0 Å². The highest BCUT2D eigenvalue weighted by molar-refractivity contribution is 6.32. The number of unbranched alkanes of at least 4 members (excludes halogenated alkanes) is 3. The van der Waals surface area contributed by atoms with Gasteiger partial charge in [0.1, 0.15) is 5.02 Å². The molecule has 0 aliphatic heterocycles. The van der Waals surface area contributed by atoms with E-state index >= 15 is 0 Å². The number of nitrogen functional groups attached to an aromatic ring is 1. The van der Waals surface area contributed by atoms with E-state index < -0.39 is 0 Å². The van der Waals surface area contributed by atoms with Gasteiger partial charge >= 0.3 is 0 Å². The van der Waals surface area contributed by atoms with E-state index in [1.165, 1.54) is 19.3 Å².